The van der Waals surface area contributed by atoms with Crippen LogP contribution in [0.2, 0.25) is 0 Å². The van der Waals surface area contributed by atoms with Crippen molar-refractivity contribution >= 4 is 11.6 Å². The van der Waals surface area contributed by atoms with E-state index in [0.29, 0.717) is 0 Å². The number of hydrogen-bond acceptors (Lipinski definition) is 5. The summed E-state index contributed by atoms with van der Waals surface area (Å²) in [6.07, 6.45) is 3.90. The number of aromatic nitrogens is 2. The molecule has 1 heterocycles. The lowest BCUT2D eigenvalue weighted by Gasteiger charge is -2.13. The molecule has 5 nitrogen and oxygen atoms in total. The lowest BCUT2D eigenvalue weighted by atomic mass is 10.2. The number of aliphatic hydroxyl groups is 1. The lowest BCUT2D eigenvalue weighted by Crippen LogP contribution is -2.14. The zero-order valence-electron chi connectivity index (χ0n) is 11.5. The molecule has 1 rings (SSSR count). The molecule has 0 spiro atoms. The Balaban J connectivity index is 2.54. The van der Waals surface area contributed by atoms with Crippen molar-refractivity contribution < 1.29 is 5.11 Å². The Kier molecular flexibility index (Phi) is 6.43. The van der Waals surface area contributed by atoms with Crippen molar-refractivity contribution in [2.45, 2.75) is 46.1 Å². The second-order valence-electron chi connectivity index (χ2n) is 4.40. The van der Waals surface area contributed by atoms with Crippen LogP contribution >= 0.6 is 0 Å². The van der Waals surface area contributed by atoms with Gasteiger partial charge >= 0.3 is 0 Å². The normalized spacial score (nSPS) is 12.2. The predicted molar refractivity (Wildman–Crippen MR) is 75.0 cm³/mol. The predicted octanol–water partition coefficient (Wildman–Crippen LogP) is 2.18. The van der Waals surface area contributed by atoms with Gasteiger partial charge in [-0.2, -0.15) is 0 Å². The van der Waals surface area contributed by atoms with E-state index in [1.165, 1.54) is 0 Å². The highest BCUT2D eigenvalue weighted by Gasteiger charge is 2.06. The molecule has 0 aromatic carbocycles. The molecular formula is C13H24N4O. The summed E-state index contributed by atoms with van der Waals surface area (Å²) < 4.78 is 0. The highest BCUT2D eigenvalue weighted by Crippen LogP contribution is 2.18. The molecule has 0 saturated heterocycles. The number of anilines is 2. The van der Waals surface area contributed by atoms with Crippen molar-refractivity contribution in [2.75, 3.05) is 23.7 Å². The van der Waals surface area contributed by atoms with Gasteiger partial charge in [0.1, 0.15) is 18.0 Å². The molecule has 1 aromatic heterocycles. The van der Waals surface area contributed by atoms with Gasteiger partial charge in [0.15, 0.2) is 0 Å². The summed E-state index contributed by atoms with van der Waals surface area (Å²) in [7, 11) is 0. The van der Waals surface area contributed by atoms with Crippen molar-refractivity contribution in [2.24, 2.45) is 0 Å². The largest absolute Gasteiger partial charge is 0.393 e. The fraction of sp³-hybridized carbons (Fsp3) is 0.692. The van der Waals surface area contributed by atoms with Crippen molar-refractivity contribution in [1.82, 2.24) is 9.97 Å². The van der Waals surface area contributed by atoms with Crippen LogP contribution in [0.3, 0.4) is 0 Å². The maximum Gasteiger partial charge on any atom is 0.134 e. The van der Waals surface area contributed by atoms with Gasteiger partial charge in [-0.3, -0.25) is 0 Å². The average Bonchev–Trinajstić information content (AvgIpc) is 2.39. The number of nitrogens with one attached hydrogen (secondary N) is 2. The van der Waals surface area contributed by atoms with Crippen LogP contribution in [0.15, 0.2) is 6.33 Å². The Hall–Kier alpha value is -1.36. The van der Waals surface area contributed by atoms with Crippen LogP contribution in [0.1, 0.15) is 38.7 Å². The fourth-order valence-corrected chi connectivity index (χ4v) is 1.61. The van der Waals surface area contributed by atoms with E-state index >= 15 is 0 Å². The minimum absolute atomic E-state index is 0.239. The summed E-state index contributed by atoms with van der Waals surface area (Å²) in [5.74, 6) is 1.72. The molecule has 0 saturated carbocycles. The van der Waals surface area contributed by atoms with Gasteiger partial charge < -0.3 is 15.7 Å². The van der Waals surface area contributed by atoms with Crippen molar-refractivity contribution in [1.29, 1.82) is 0 Å². The maximum absolute atomic E-state index is 9.49. The van der Waals surface area contributed by atoms with E-state index in [4.69, 9.17) is 0 Å². The van der Waals surface area contributed by atoms with Crippen LogP contribution in [0, 0.1) is 6.92 Å². The lowest BCUT2D eigenvalue weighted by molar-refractivity contribution is 0.164. The molecule has 0 aliphatic heterocycles. The Morgan fingerprint density at radius 2 is 1.78 bits per heavy atom. The Labute approximate surface area is 109 Å². The van der Waals surface area contributed by atoms with E-state index in [-0.39, 0.29) is 6.10 Å². The second-order valence-corrected chi connectivity index (χ2v) is 4.40. The molecular weight excluding hydrogens is 228 g/mol. The first kappa shape index (κ1) is 14.7. The first-order valence-corrected chi connectivity index (χ1v) is 6.66. The van der Waals surface area contributed by atoms with Gasteiger partial charge in [-0.15, -0.1) is 0 Å². The monoisotopic (exact) mass is 252 g/mol. The third-order valence-corrected chi connectivity index (χ3v) is 2.87. The molecule has 0 amide bonds. The van der Waals surface area contributed by atoms with Gasteiger partial charge in [0.2, 0.25) is 0 Å². The minimum atomic E-state index is -0.239. The molecule has 0 bridgehead atoms. The quantitative estimate of drug-likeness (QED) is 0.661. The zero-order chi connectivity index (χ0) is 13.4. The third-order valence-electron chi connectivity index (χ3n) is 2.87. The number of aliphatic hydroxyl groups excluding tert-OH is 1. The van der Waals surface area contributed by atoms with Crippen LogP contribution in [0.25, 0.3) is 0 Å². The summed E-state index contributed by atoms with van der Waals surface area (Å²) in [6.45, 7) is 7.73. The molecule has 5 heteroatoms. The zero-order valence-corrected chi connectivity index (χ0v) is 11.5. The topological polar surface area (TPSA) is 70.1 Å². The molecule has 3 N–H and O–H groups in total. The van der Waals surface area contributed by atoms with Gasteiger partial charge in [0, 0.05) is 18.7 Å². The third kappa shape index (κ3) is 4.49. The Bertz CT molecular complexity index is 357. The van der Waals surface area contributed by atoms with Gasteiger partial charge in [-0.1, -0.05) is 13.8 Å². The number of hydrogen-bond donors (Lipinski definition) is 3. The molecule has 0 aliphatic rings. The molecule has 1 unspecified atom stereocenters. The smallest absolute Gasteiger partial charge is 0.134 e. The highest BCUT2D eigenvalue weighted by atomic mass is 16.3. The molecule has 1 atom stereocenters. The van der Waals surface area contributed by atoms with E-state index in [1.807, 2.05) is 13.8 Å². The van der Waals surface area contributed by atoms with Gasteiger partial charge in [0.25, 0.3) is 0 Å². The summed E-state index contributed by atoms with van der Waals surface area (Å²) in [4.78, 5) is 8.45. The molecule has 1 aromatic rings. The molecule has 0 aliphatic carbocycles. The van der Waals surface area contributed by atoms with E-state index in [2.05, 4.69) is 27.5 Å². The van der Waals surface area contributed by atoms with E-state index in [1.54, 1.807) is 6.33 Å². The van der Waals surface area contributed by atoms with E-state index < -0.39 is 0 Å². The first-order chi connectivity index (χ1) is 8.69. The van der Waals surface area contributed by atoms with E-state index in [9.17, 15) is 5.11 Å². The van der Waals surface area contributed by atoms with Crippen LogP contribution < -0.4 is 10.6 Å². The van der Waals surface area contributed by atoms with E-state index in [0.717, 1.165) is 49.6 Å². The highest BCUT2D eigenvalue weighted by molar-refractivity contribution is 5.56. The molecule has 102 valence electrons. The summed E-state index contributed by atoms with van der Waals surface area (Å²) in [6, 6.07) is 0. The van der Waals surface area contributed by atoms with Gasteiger partial charge in [-0.25, -0.2) is 9.97 Å². The first-order valence-electron chi connectivity index (χ1n) is 6.66. The van der Waals surface area contributed by atoms with Crippen LogP contribution in [0.4, 0.5) is 11.6 Å². The van der Waals surface area contributed by atoms with Crippen molar-refractivity contribution in [3.05, 3.63) is 11.9 Å². The minimum Gasteiger partial charge on any atom is -0.393 e. The molecule has 18 heavy (non-hydrogen) atoms. The van der Waals surface area contributed by atoms with Crippen LogP contribution in [-0.2, 0) is 0 Å². The molecule has 0 radical (unpaired) electrons. The number of nitrogens with zero attached hydrogens (tertiary/aromatic N) is 2. The van der Waals surface area contributed by atoms with Crippen LogP contribution in [-0.4, -0.2) is 34.3 Å². The molecule has 0 fully saturated rings. The standard InChI is InChI=1S/C13H24N4O/c1-4-7-14-12-10(3)13(17-9-16-12)15-8-6-11(18)5-2/h9,11,18H,4-8H2,1-3H3,(H2,14,15,16,17). The average molecular weight is 252 g/mol. The van der Waals surface area contributed by atoms with Crippen molar-refractivity contribution in [3.8, 4) is 0 Å². The fourth-order valence-electron chi connectivity index (χ4n) is 1.61. The Morgan fingerprint density at radius 3 is 2.33 bits per heavy atom. The van der Waals surface area contributed by atoms with Crippen molar-refractivity contribution in [3.63, 3.8) is 0 Å². The van der Waals surface area contributed by atoms with Gasteiger partial charge in [0.05, 0.1) is 6.10 Å². The summed E-state index contributed by atoms with van der Waals surface area (Å²) in [5, 5.41) is 16.0. The van der Waals surface area contributed by atoms with Gasteiger partial charge in [-0.05, 0) is 26.2 Å². The summed E-state index contributed by atoms with van der Waals surface area (Å²) >= 11 is 0. The maximum atomic E-state index is 9.49. The number of rotatable bonds is 8. The summed E-state index contributed by atoms with van der Waals surface area (Å²) in [5.41, 5.74) is 1.02. The Morgan fingerprint density at radius 1 is 1.17 bits per heavy atom. The van der Waals surface area contributed by atoms with Crippen LogP contribution in [0.5, 0.6) is 0 Å². The second kappa shape index (κ2) is 7.87. The SMILES string of the molecule is CCCNc1ncnc(NCCC(O)CC)c1C.